The van der Waals surface area contributed by atoms with Crippen molar-refractivity contribution in [3.8, 4) is 29.2 Å². The van der Waals surface area contributed by atoms with Gasteiger partial charge in [0.15, 0.2) is 6.61 Å². The lowest BCUT2D eigenvalue weighted by Gasteiger charge is -2.23. The molecule has 1 amide bonds. The molecule has 0 bridgehead atoms. The van der Waals surface area contributed by atoms with Crippen LogP contribution in [-0.4, -0.2) is 50.0 Å². The molecule has 0 saturated carbocycles. The average Bonchev–Trinajstić information content (AvgIpc) is 2.94. The smallest absolute Gasteiger partial charge is 0.255 e. The maximum atomic E-state index is 10.9. The molecule has 2 heterocycles. The zero-order chi connectivity index (χ0) is 25.9. The van der Waals surface area contributed by atoms with Gasteiger partial charge in [0.2, 0.25) is 5.88 Å². The van der Waals surface area contributed by atoms with Gasteiger partial charge in [0.05, 0.1) is 19.8 Å². The number of ether oxygens (including phenoxy) is 5. The number of benzene rings is 2. The Morgan fingerprint density at radius 2 is 1.86 bits per heavy atom. The van der Waals surface area contributed by atoms with Gasteiger partial charge in [0, 0.05) is 17.2 Å². The summed E-state index contributed by atoms with van der Waals surface area (Å²) in [5.74, 6) is 7.42. The Morgan fingerprint density at radius 3 is 2.57 bits per heavy atom. The first kappa shape index (κ1) is 26.0. The average molecular weight is 503 g/mol. The van der Waals surface area contributed by atoms with E-state index >= 15 is 0 Å². The van der Waals surface area contributed by atoms with Crippen LogP contribution in [-0.2, 0) is 27.3 Å². The Hall–Kier alpha value is -4.06. The molecule has 1 atom stereocenters. The molecule has 0 radical (unpaired) electrons. The second-order valence-electron chi connectivity index (χ2n) is 8.32. The maximum absolute atomic E-state index is 10.9. The predicted molar refractivity (Wildman–Crippen MR) is 138 cm³/mol. The molecule has 1 aliphatic rings. The van der Waals surface area contributed by atoms with Crippen molar-refractivity contribution in [2.75, 3.05) is 33.0 Å². The summed E-state index contributed by atoms with van der Waals surface area (Å²) in [6.45, 7) is 4.21. The first-order chi connectivity index (χ1) is 18.1. The van der Waals surface area contributed by atoms with Gasteiger partial charge in [0.1, 0.15) is 36.5 Å². The molecule has 1 aromatic heterocycles. The summed E-state index contributed by atoms with van der Waals surface area (Å²) < 4.78 is 28.6. The summed E-state index contributed by atoms with van der Waals surface area (Å²) in [6.07, 6.45) is 0.529. The van der Waals surface area contributed by atoms with Gasteiger partial charge in [-0.2, -0.15) is 0 Å². The number of rotatable bonds is 10. The maximum Gasteiger partial charge on any atom is 0.255 e. The molecular formula is C29H30N2O6. The summed E-state index contributed by atoms with van der Waals surface area (Å²) in [4.78, 5) is 15.6. The molecule has 192 valence electrons. The van der Waals surface area contributed by atoms with Gasteiger partial charge in [-0.1, -0.05) is 43.2 Å². The third-order valence-electron chi connectivity index (χ3n) is 5.51. The molecule has 8 heteroatoms. The number of amides is 1. The van der Waals surface area contributed by atoms with E-state index in [4.69, 9.17) is 29.4 Å². The topological polar surface area (TPSA) is 102 Å². The zero-order valence-corrected chi connectivity index (χ0v) is 20.8. The van der Waals surface area contributed by atoms with E-state index in [9.17, 15) is 4.79 Å². The first-order valence-electron chi connectivity index (χ1n) is 12.2. The molecule has 1 fully saturated rings. The van der Waals surface area contributed by atoms with Crippen LogP contribution in [0.4, 0.5) is 0 Å². The minimum absolute atomic E-state index is 0.153. The summed E-state index contributed by atoms with van der Waals surface area (Å²) >= 11 is 0. The Balaban J connectivity index is 1.56. The minimum atomic E-state index is -0.531. The fraction of sp³-hybridized carbons (Fsp3) is 0.310. The van der Waals surface area contributed by atoms with Crippen LogP contribution in [0.3, 0.4) is 0 Å². The quantitative estimate of drug-likeness (QED) is 0.425. The van der Waals surface area contributed by atoms with Crippen molar-refractivity contribution in [2.45, 2.75) is 26.1 Å². The number of hydrogen-bond donors (Lipinski definition) is 1. The fourth-order valence-corrected chi connectivity index (χ4v) is 3.64. The van der Waals surface area contributed by atoms with Gasteiger partial charge in [0.25, 0.3) is 5.91 Å². The molecular weight excluding hydrogens is 472 g/mol. The molecule has 2 N–H and O–H groups in total. The summed E-state index contributed by atoms with van der Waals surface area (Å²) in [5, 5.41) is 0. The number of nitrogens with zero attached hydrogens (tertiary/aromatic N) is 1. The van der Waals surface area contributed by atoms with Crippen LogP contribution < -0.4 is 19.9 Å². The Morgan fingerprint density at radius 1 is 1.05 bits per heavy atom. The molecule has 1 saturated heterocycles. The van der Waals surface area contributed by atoms with Crippen LogP contribution in [0.25, 0.3) is 0 Å². The van der Waals surface area contributed by atoms with Crippen molar-refractivity contribution in [3.05, 3.63) is 83.0 Å². The number of carbonyl (C=O) groups excluding carboxylic acids is 1. The molecule has 0 spiro atoms. The Labute approximate surface area is 216 Å². The van der Waals surface area contributed by atoms with Crippen molar-refractivity contribution in [1.29, 1.82) is 0 Å². The van der Waals surface area contributed by atoms with Crippen LogP contribution in [0.2, 0.25) is 0 Å². The SMILES string of the molecule is CCc1c(OCc2ccccc2)cc(OCC2COCCO2)nc1C#Cc1ccc(OCC(N)=O)cc1. The third-order valence-corrected chi connectivity index (χ3v) is 5.51. The lowest BCUT2D eigenvalue weighted by Crippen LogP contribution is -2.33. The predicted octanol–water partition coefficient (Wildman–Crippen LogP) is 3.28. The van der Waals surface area contributed by atoms with Gasteiger partial charge < -0.3 is 29.4 Å². The Bertz CT molecular complexity index is 1230. The van der Waals surface area contributed by atoms with Gasteiger partial charge >= 0.3 is 0 Å². The number of hydrogen-bond acceptors (Lipinski definition) is 7. The highest BCUT2D eigenvalue weighted by Crippen LogP contribution is 2.28. The lowest BCUT2D eigenvalue weighted by molar-refractivity contribution is -0.119. The number of primary amides is 1. The molecule has 1 unspecified atom stereocenters. The van der Waals surface area contributed by atoms with Crippen LogP contribution in [0.5, 0.6) is 17.4 Å². The van der Waals surface area contributed by atoms with Crippen molar-refractivity contribution in [3.63, 3.8) is 0 Å². The standard InChI is InChI=1S/C29H30N2O6/c1-2-25-26(13-10-21-8-11-23(12-9-21)35-20-28(30)32)31-29(37-19-24-18-33-14-15-34-24)16-27(25)36-17-22-6-4-3-5-7-22/h3-9,11-12,16,24H,2,14-15,17-20H2,1H3,(H2,30,32). The van der Waals surface area contributed by atoms with E-state index < -0.39 is 5.91 Å². The normalized spacial score (nSPS) is 14.8. The van der Waals surface area contributed by atoms with Crippen molar-refractivity contribution >= 4 is 5.91 Å². The van der Waals surface area contributed by atoms with E-state index in [2.05, 4.69) is 16.8 Å². The van der Waals surface area contributed by atoms with Gasteiger partial charge in [-0.05, 0) is 42.2 Å². The largest absolute Gasteiger partial charge is 0.488 e. The summed E-state index contributed by atoms with van der Waals surface area (Å²) in [6, 6.07) is 18.9. The second-order valence-corrected chi connectivity index (χ2v) is 8.32. The summed E-state index contributed by atoms with van der Waals surface area (Å²) in [7, 11) is 0. The molecule has 2 aromatic carbocycles. The van der Waals surface area contributed by atoms with Crippen molar-refractivity contribution in [1.82, 2.24) is 4.98 Å². The van der Waals surface area contributed by atoms with Crippen LogP contribution in [0, 0.1) is 11.8 Å². The van der Waals surface area contributed by atoms with Gasteiger partial charge in [-0.25, -0.2) is 4.98 Å². The highest BCUT2D eigenvalue weighted by Gasteiger charge is 2.17. The van der Waals surface area contributed by atoms with E-state index in [1.165, 1.54) is 0 Å². The molecule has 4 rings (SSSR count). The molecule has 0 aliphatic carbocycles. The molecule has 1 aliphatic heterocycles. The van der Waals surface area contributed by atoms with E-state index in [0.29, 0.717) is 62.5 Å². The number of nitrogens with two attached hydrogens (primary N) is 1. The van der Waals surface area contributed by atoms with Crippen LogP contribution in [0.1, 0.15) is 29.3 Å². The van der Waals surface area contributed by atoms with Gasteiger partial charge in [-0.3, -0.25) is 4.79 Å². The monoisotopic (exact) mass is 502 g/mol. The molecule has 8 nitrogen and oxygen atoms in total. The van der Waals surface area contributed by atoms with Crippen LogP contribution in [0.15, 0.2) is 60.7 Å². The zero-order valence-electron chi connectivity index (χ0n) is 20.8. The highest BCUT2D eigenvalue weighted by molar-refractivity contribution is 5.75. The molecule has 3 aromatic rings. The first-order valence-corrected chi connectivity index (χ1v) is 12.2. The number of carbonyl (C=O) groups is 1. The summed E-state index contributed by atoms with van der Waals surface area (Å²) in [5.41, 5.74) is 8.43. The second kappa shape index (κ2) is 13.3. The van der Waals surface area contributed by atoms with Crippen LogP contribution >= 0.6 is 0 Å². The number of aromatic nitrogens is 1. The highest BCUT2D eigenvalue weighted by atomic mass is 16.6. The lowest BCUT2D eigenvalue weighted by atomic mass is 10.1. The minimum Gasteiger partial charge on any atom is -0.488 e. The Kier molecular flexibility index (Phi) is 9.35. The van der Waals surface area contributed by atoms with E-state index in [-0.39, 0.29) is 12.7 Å². The van der Waals surface area contributed by atoms with E-state index in [1.54, 1.807) is 12.1 Å². The number of pyridine rings is 1. The fourth-order valence-electron chi connectivity index (χ4n) is 3.64. The third kappa shape index (κ3) is 7.97. The van der Waals surface area contributed by atoms with Crippen molar-refractivity contribution < 1.29 is 28.5 Å². The van der Waals surface area contributed by atoms with Gasteiger partial charge in [-0.15, -0.1) is 0 Å². The van der Waals surface area contributed by atoms with E-state index in [1.807, 2.05) is 55.5 Å². The van der Waals surface area contributed by atoms with Crippen molar-refractivity contribution in [2.24, 2.45) is 5.73 Å². The van der Waals surface area contributed by atoms with E-state index in [0.717, 1.165) is 16.7 Å². The molecule has 37 heavy (non-hydrogen) atoms.